The standard InChI is InChI=1S/C22H33N3O2/c1-17-8-6-9-18(2)25(17)13-7-12-23-21(26)16-24-15-20(14-22(24)27)19-10-4-3-5-11-19/h3-5,10-11,17-18,20H,6-9,12-16H2,1-2H3,(H,23,26). The lowest BCUT2D eigenvalue weighted by atomic mass is 9.97. The van der Waals surface area contributed by atoms with Crippen LogP contribution in [0.5, 0.6) is 0 Å². The van der Waals surface area contributed by atoms with Gasteiger partial charge in [-0.3, -0.25) is 14.5 Å². The van der Waals surface area contributed by atoms with Crippen LogP contribution >= 0.6 is 0 Å². The molecule has 5 heteroatoms. The fourth-order valence-electron chi connectivity index (χ4n) is 4.51. The van der Waals surface area contributed by atoms with E-state index in [9.17, 15) is 9.59 Å². The molecule has 0 saturated carbocycles. The van der Waals surface area contributed by atoms with Crippen LogP contribution in [-0.2, 0) is 9.59 Å². The van der Waals surface area contributed by atoms with Crippen molar-refractivity contribution in [1.82, 2.24) is 15.1 Å². The Bertz CT molecular complexity index is 624. The Hall–Kier alpha value is -1.88. The second-order valence-electron chi connectivity index (χ2n) is 8.16. The number of hydrogen-bond acceptors (Lipinski definition) is 3. The van der Waals surface area contributed by atoms with E-state index in [1.165, 1.54) is 24.8 Å². The third kappa shape index (κ3) is 5.32. The molecule has 0 bridgehead atoms. The molecule has 1 aromatic rings. The molecule has 0 radical (unpaired) electrons. The molecule has 0 spiro atoms. The number of nitrogens with one attached hydrogen (secondary N) is 1. The van der Waals surface area contributed by atoms with Crippen molar-refractivity contribution in [2.45, 2.75) is 64.0 Å². The van der Waals surface area contributed by atoms with Gasteiger partial charge in [-0.15, -0.1) is 0 Å². The van der Waals surface area contributed by atoms with Gasteiger partial charge in [0.15, 0.2) is 0 Å². The van der Waals surface area contributed by atoms with Crippen LogP contribution in [0.4, 0.5) is 0 Å². The van der Waals surface area contributed by atoms with E-state index in [2.05, 4.69) is 36.2 Å². The molecule has 5 nitrogen and oxygen atoms in total. The second-order valence-corrected chi connectivity index (χ2v) is 8.16. The zero-order valence-corrected chi connectivity index (χ0v) is 16.7. The number of rotatable bonds is 7. The summed E-state index contributed by atoms with van der Waals surface area (Å²) in [7, 11) is 0. The van der Waals surface area contributed by atoms with Crippen LogP contribution in [0.25, 0.3) is 0 Å². The first kappa shape index (κ1) is 19.9. The fraction of sp³-hybridized carbons (Fsp3) is 0.636. The highest BCUT2D eigenvalue weighted by Crippen LogP contribution is 2.27. The molecule has 0 aromatic heterocycles. The first-order chi connectivity index (χ1) is 13.0. The van der Waals surface area contributed by atoms with E-state index in [1.54, 1.807) is 4.90 Å². The summed E-state index contributed by atoms with van der Waals surface area (Å²) in [6, 6.07) is 11.4. The van der Waals surface area contributed by atoms with Crippen LogP contribution in [0.15, 0.2) is 30.3 Å². The van der Waals surface area contributed by atoms with Gasteiger partial charge in [0.25, 0.3) is 0 Å². The van der Waals surface area contributed by atoms with Crippen molar-refractivity contribution >= 4 is 11.8 Å². The van der Waals surface area contributed by atoms with Crippen LogP contribution < -0.4 is 5.32 Å². The fourth-order valence-corrected chi connectivity index (χ4v) is 4.51. The maximum Gasteiger partial charge on any atom is 0.239 e. The van der Waals surface area contributed by atoms with Crippen molar-refractivity contribution in [3.05, 3.63) is 35.9 Å². The van der Waals surface area contributed by atoms with Crippen LogP contribution in [-0.4, -0.2) is 59.9 Å². The van der Waals surface area contributed by atoms with Gasteiger partial charge in [0, 0.05) is 44.1 Å². The van der Waals surface area contributed by atoms with Gasteiger partial charge in [0.05, 0.1) is 6.54 Å². The van der Waals surface area contributed by atoms with Gasteiger partial charge in [-0.2, -0.15) is 0 Å². The molecular weight excluding hydrogens is 338 g/mol. The summed E-state index contributed by atoms with van der Waals surface area (Å²) < 4.78 is 0. The van der Waals surface area contributed by atoms with Gasteiger partial charge in [-0.05, 0) is 38.7 Å². The average Bonchev–Trinajstić information content (AvgIpc) is 3.02. The van der Waals surface area contributed by atoms with Gasteiger partial charge < -0.3 is 10.2 Å². The van der Waals surface area contributed by atoms with Gasteiger partial charge >= 0.3 is 0 Å². The molecule has 1 aromatic carbocycles. The lowest BCUT2D eigenvalue weighted by molar-refractivity contribution is -0.133. The normalized spacial score (nSPS) is 26.4. The number of likely N-dealkylation sites (tertiary alicyclic amines) is 2. The molecular formula is C22H33N3O2. The highest BCUT2D eigenvalue weighted by molar-refractivity contribution is 5.86. The molecule has 2 fully saturated rings. The lowest BCUT2D eigenvalue weighted by Gasteiger charge is -2.39. The summed E-state index contributed by atoms with van der Waals surface area (Å²) >= 11 is 0. The minimum absolute atomic E-state index is 0.0446. The number of piperidine rings is 1. The molecule has 148 valence electrons. The number of amides is 2. The maximum absolute atomic E-state index is 12.2. The largest absolute Gasteiger partial charge is 0.355 e. The van der Waals surface area contributed by atoms with Crippen molar-refractivity contribution in [1.29, 1.82) is 0 Å². The van der Waals surface area contributed by atoms with Gasteiger partial charge in [-0.25, -0.2) is 0 Å². The molecule has 2 heterocycles. The summed E-state index contributed by atoms with van der Waals surface area (Å²) in [5.41, 5.74) is 1.18. The minimum atomic E-state index is -0.0446. The lowest BCUT2D eigenvalue weighted by Crippen LogP contribution is -2.45. The SMILES string of the molecule is CC1CCCC(C)N1CCCNC(=O)CN1CC(c2ccccc2)CC1=O. The van der Waals surface area contributed by atoms with Crippen molar-refractivity contribution < 1.29 is 9.59 Å². The van der Waals surface area contributed by atoms with Crippen molar-refractivity contribution in [2.24, 2.45) is 0 Å². The number of carbonyl (C=O) groups excluding carboxylic acids is 2. The molecule has 2 aliphatic rings. The predicted molar refractivity (Wildman–Crippen MR) is 107 cm³/mol. The predicted octanol–water partition coefficient (Wildman–Crippen LogP) is 2.77. The van der Waals surface area contributed by atoms with Crippen LogP contribution in [0.2, 0.25) is 0 Å². The summed E-state index contributed by atoms with van der Waals surface area (Å²) in [6.45, 7) is 7.13. The van der Waals surface area contributed by atoms with Crippen LogP contribution in [0, 0.1) is 0 Å². The Morgan fingerprint density at radius 1 is 1.15 bits per heavy atom. The van der Waals surface area contributed by atoms with E-state index in [1.807, 2.05) is 18.2 Å². The highest BCUT2D eigenvalue weighted by Gasteiger charge is 2.31. The van der Waals surface area contributed by atoms with Crippen LogP contribution in [0.3, 0.4) is 0 Å². The second kappa shape index (κ2) is 9.36. The molecule has 2 aliphatic heterocycles. The van der Waals surface area contributed by atoms with Gasteiger partial charge in [0.1, 0.15) is 0 Å². The third-order valence-electron chi connectivity index (χ3n) is 6.11. The van der Waals surface area contributed by atoms with Crippen molar-refractivity contribution in [2.75, 3.05) is 26.2 Å². The summed E-state index contributed by atoms with van der Waals surface area (Å²) in [5.74, 6) is 0.236. The molecule has 2 saturated heterocycles. The zero-order chi connectivity index (χ0) is 19.2. The molecule has 0 aliphatic carbocycles. The first-order valence-electron chi connectivity index (χ1n) is 10.4. The Labute approximate surface area is 163 Å². The molecule has 3 unspecified atom stereocenters. The number of hydrogen-bond donors (Lipinski definition) is 1. The Morgan fingerprint density at radius 2 is 1.85 bits per heavy atom. The number of carbonyl (C=O) groups is 2. The van der Waals surface area contributed by atoms with E-state index in [0.29, 0.717) is 31.6 Å². The van der Waals surface area contributed by atoms with E-state index >= 15 is 0 Å². The molecule has 2 amide bonds. The van der Waals surface area contributed by atoms with E-state index in [0.717, 1.165) is 13.0 Å². The molecule has 3 atom stereocenters. The van der Waals surface area contributed by atoms with Crippen molar-refractivity contribution in [3.8, 4) is 0 Å². The quantitative estimate of drug-likeness (QED) is 0.750. The monoisotopic (exact) mass is 371 g/mol. The molecule has 3 rings (SSSR count). The third-order valence-corrected chi connectivity index (χ3v) is 6.11. The smallest absolute Gasteiger partial charge is 0.239 e. The topological polar surface area (TPSA) is 52.7 Å². The number of nitrogens with zero attached hydrogens (tertiary/aromatic N) is 2. The molecule has 27 heavy (non-hydrogen) atoms. The average molecular weight is 372 g/mol. The number of benzene rings is 1. The van der Waals surface area contributed by atoms with Crippen molar-refractivity contribution in [3.63, 3.8) is 0 Å². The van der Waals surface area contributed by atoms with E-state index in [4.69, 9.17) is 0 Å². The Balaban J connectivity index is 1.37. The Morgan fingerprint density at radius 3 is 2.56 bits per heavy atom. The van der Waals surface area contributed by atoms with Gasteiger partial charge in [0.2, 0.25) is 11.8 Å². The highest BCUT2D eigenvalue weighted by atomic mass is 16.2. The first-order valence-corrected chi connectivity index (χ1v) is 10.4. The summed E-state index contributed by atoms with van der Waals surface area (Å²) in [4.78, 5) is 28.7. The Kier molecular flexibility index (Phi) is 6.89. The maximum atomic E-state index is 12.2. The van der Waals surface area contributed by atoms with Gasteiger partial charge in [-0.1, -0.05) is 36.8 Å². The summed E-state index contributed by atoms with van der Waals surface area (Å²) in [6.07, 6.45) is 5.33. The molecule has 1 N–H and O–H groups in total. The minimum Gasteiger partial charge on any atom is -0.355 e. The van der Waals surface area contributed by atoms with Crippen LogP contribution in [0.1, 0.15) is 57.4 Å². The van der Waals surface area contributed by atoms with E-state index in [-0.39, 0.29) is 24.3 Å². The summed E-state index contributed by atoms with van der Waals surface area (Å²) in [5, 5.41) is 2.99. The van der Waals surface area contributed by atoms with E-state index < -0.39 is 0 Å². The zero-order valence-electron chi connectivity index (χ0n) is 16.7.